The van der Waals surface area contributed by atoms with Crippen molar-refractivity contribution in [2.75, 3.05) is 12.8 Å². The first-order valence-electron chi connectivity index (χ1n) is 7.22. The molecule has 0 unspecified atom stereocenters. The van der Waals surface area contributed by atoms with E-state index < -0.39 is 0 Å². The maximum atomic E-state index is 6.43. The lowest BCUT2D eigenvalue weighted by Gasteiger charge is -2.14. The molecule has 0 amide bonds. The van der Waals surface area contributed by atoms with Gasteiger partial charge in [0.15, 0.2) is 5.65 Å². The van der Waals surface area contributed by atoms with Crippen molar-refractivity contribution in [3.63, 3.8) is 0 Å². The van der Waals surface area contributed by atoms with Gasteiger partial charge in [-0.15, -0.1) is 10.2 Å². The van der Waals surface area contributed by atoms with Gasteiger partial charge in [0.05, 0.1) is 18.3 Å². The number of ether oxygens (including phenoxy) is 1. The van der Waals surface area contributed by atoms with E-state index in [1.807, 2.05) is 41.7 Å². The maximum absolute atomic E-state index is 6.43. The van der Waals surface area contributed by atoms with Gasteiger partial charge >= 0.3 is 0 Å². The normalized spacial score (nSPS) is 11.2. The molecule has 0 radical (unpaired) electrons. The first-order valence-corrected chi connectivity index (χ1v) is 7.22. The number of methoxy groups -OCH3 is 1. The SMILES string of the molecule is COc1ccc2c(c1)c(-c1cccnc1)c(N)c1nnc(C)n12. The van der Waals surface area contributed by atoms with Crippen LogP contribution < -0.4 is 10.5 Å². The Kier molecular flexibility index (Phi) is 2.90. The largest absolute Gasteiger partial charge is 0.497 e. The smallest absolute Gasteiger partial charge is 0.185 e. The summed E-state index contributed by atoms with van der Waals surface area (Å²) in [6, 6.07) is 9.77. The number of rotatable bonds is 2. The fraction of sp³-hybridized carbons (Fsp3) is 0.118. The number of pyridine rings is 2. The van der Waals surface area contributed by atoms with Gasteiger partial charge in [0, 0.05) is 28.9 Å². The van der Waals surface area contributed by atoms with Crippen molar-refractivity contribution < 1.29 is 4.74 Å². The minimum Gasteiger partial charge on any atom is -0.497 e. The third-order valence-corrected chi connectivity index (χ3v) is 4.00. The Morgan fingerprint density at radius 2 is 2.04 bits per heavy atom. The van der Waals surface area contributed by atoms with Crippen molar-refractivity contribution in [1.29, 1.82) is 0 Å². The van der Waals surface area contributed by atoms with Crippen LogP contribution in [0.15, 0.2) is 42.7 Å². The molecule has 6 nitrogen and oxygen atoms in total. The van der Waals surface area contributed by atoms with Crippen LogP contribution in [0.2, 0.25) is 0 Å². The van der Waals surface area contributed by atoms with Crippen molar-refractivity contribution in [1.82, 2.24) is 19.6 Å². The molecule has 0 bridgehead atoms. The summed E-state index contributed by atoms with van der Waals surface area (Å²) in [6.07, 6.45) is 3.53. The molecule has 0 aliphatic rings. The second kappa shape index (κ2) is 4.95. The predicted octanol–water partition coefficient (Wildman–Crippen LogP) is 2.84. The fourth-order valence-electron chi connectivity index (χ4n) is 2.94. The van der Waals surface area contributed by atoms with Crippen LogP contribution >= 0.6 is 0 Å². The Morgan fingerprint density at radius 3 is 2.78 bits per heavy atom. The summed E-state index contributed by atoms with van der Waals surface area (Å²) in [6.45, 7) is 1.91. The Bertz CT molecular complexity index is 1020. The topological polar surface area (TPSA) is 78.3 Å². The van der Waals surface area contributed by atoms with E-state index in [1.54, 1.807) is 19.5 Å². The lowest BCUT2D eigenvalue weighted by molar-refractivity contribution is 0.415. The highest BCUT2D eigenvalue weighted by Crippen LogP contribution is 2.37. The summed E-state index contributed by atoms with van der Waals surface area (Å²) >= 11 is 0. The zero-order valence-corrected chi connectivity index (χ0v) is 12.8. The summed E-state index contributed by atoms with van der Waals surface area (Å²) in [4.78, 5) is 4.21. The fourth-order valence-corrected chi connectivity index (χ4v) is 2.94. The number of nitrogens with zero attached hydrogens (tertiary/aromatic N) is 4. The molecule has 0 atom stereocenters. The zero-order valence-electron chi connectivity index (χ0n) is 12.8. The quantitative estimate of drug-likeness (QED) is 0.616. The third kappa shape index (κ3) is 1.92. The molecule has 0 saturated heterocycles. The molecular formula is C17H15N5O. The zero-order chi connectivity index (χ0) is 16.0. The van der Waals surface area contributed by atoms with Crippen LogP contribution in [0.3, 0.4) is 0 Å². The number of benzene rings is 1. The maximum Gasteiger partial charge on any atom is 0.185 e. The van der Waals surface area contributed by atoms with Gasteiger partial charge in [0.2, 0.25) is 0 Å². The van der Waals surface area contributed by atoms with Crippen LogP contribution in [0.25, 0.3) is 27.7 Å². The van der Waals surface area contributed by atoms with E-state index in [2.05, 4.69) is 15.2 Å². The van der Waals surface area contributed by atoms with Gasteiger partial charge in [0.25, 0.3) is 0 Å². The number of aromatic nitrogens is 4. The number of hydrogen-bond donors (Lipinski definition) is 1. The summed E-state index contributed by atoms with van der Waals surface area (Å²) < 4.78 is 7.34. The molecule has 6 heteroatoms. The van der Waals surface area contributed by atoms with Crippen molar-refractivity contribution in [2.24, 2.45) is 0 Å². The minimum absolute atomic E-state index is 0.583. The average molecular weight is 305 g/mol. The Hall–Kier alpha value is -3.15. The molecule has 4 rings (SSSR count). The van der Waals surface area contributed by atoms with Crippen molar-refractivity contribution in [3.05, 3.63) is 48.5 Å². The van der Waals surface area contributed by atoms with Gasteiger partial charge in [-0.3, -0.25) is 9.38 Å². The van der Waals surface area contributed by atoms with E-state index in [0.29, 0.717) is 11.3 Å². The van der Waals surface area contributed by atoms with E-state index in [0.717, 1.165) is 33.6 Å². The molecule has 0 aliphatic heterocycles. The van der Waals surface area contributed by atoms with Crippen LogP contribution in [0.1, 0.15) is 5.82 Å². The molecule has 2 N–H and O–H groups in total. The highest BCUT2D eigenvalue weighted by atomic mass is 16.5. The average Bonchev–Trinajstić information content (AvgIpc) is 2.98. The number of anilines is 1. The first-order chi connectivity index (χ1) is 11.2. The number of nitrogens with two attached hydrogens (primary N) is 1. The van der Waals surface area contributed by atoms with Crippen molar-refractivity contribution >= 4 is 22.2 Å². The van der Waals surface area contributed by atoms with E-state index >= 15 is 0 Å². The summed E-state index contributed by atoms with van der Waals surface area (Å²) in [5.41, 5.74) is 10.5. The van der Waals surface area contributed by atoms with E-state index in [4.69, 9.17) is 10.5 Å². The molecule has 0 fully saturated rings. The molecule has 0 spiro atoms. The molecule has 3 heterocycles. The monoisotopic (exact) mass is 305 g/mol. The predicted molar refractivity (Wildman–Crippen MR) is 89.4 cm³/mol. The molecule has 4 aromatic rings. The van der Waals surface area contributed by atoms with Gasteiger partial charge in [-0.1, -0.05) is 6.07 Å². The van der Waals surface area contributed by atoms with Crippen LogP contribution in [-0.2, 0) is 0 Å². The first kappa shape index (κ1) is 13.5. The molecule has 23 heavy (non-hydrogen) atoms. The van der Waals surface area contributed by atoms with Gasteiger partial charge in [-0.05, 0) is 31.2 Å². The Labute approximate surface area is 132 Å². The van der Waals surface area contributed by atoms with E-state index in [1.165, 1.54) is 0 Å². The lowest BCUT2D eigenvalue weighted by atomic mass is 10.0. The standard InChI is InChI=1S/C17H15N5O/c1-10-20-21-17-16(18)15(11-4-3-7-19-9-11)13-8-12(23-2)5-6-14(13)22(10)17/h3-9H,18H2,1-2H3. The molecule has 0 saturated carbocycles. The van der Waals surface area contributed by atoms with Gasteiger partial charge in [-0.2, -0.15) is 0 Å². The summed E-state index contributed by atoms with van der Waals surface area (Å²) in [7, 11) is 1.65. The van der Waals surface area contributed by atoms with E-state index in [-0.39, 0.29) is 0 Å². The summed E-state index contributed by atoms with van der Waals surface area (Å²) in [5, 5.41) is 9.38. The second-order valence-corrected chi connectivity index (χ2v) is 5.32. The van der Waals surface area contributed by atoms with Gasteiger partial charge in [-0.25, -0.2) is 0 Å². The number of fused-ring (bicyclic) bond motifs is 3. The molecule has 0 aliphatic carbocycles. The molecule has 114 valence electrons. The lowest BCUT2D eigenvalue weighted by Crippen LogP contribution is -2.01. The number of hydrogen-bond acceptors (Lipinski definition) is 5. The van der Waals surface area contributed by atoms with Crippen LogP contribution in [0, 0.1) is 6.92 Å². The van der Waals surface area contributed by atoms with Gasteiger partial charge < -0.3 is 10.5 Å². The highest BCUT2D eigenvalue weighted by Gasteiger charge is 2.17. The van der Waals surface area contributed by atoms with Crippen LogP contribution in [0.5, 0.6) is 5.75 Å². The molecule has 1 aromatic carbocycles. The molecular weight excluding hydrogens is 290 g/mol. The van der Waals surface area contributed by atoms with E-state index in [9.17, 15) is 0 Å². The highest BCUT2D eigenvalue weighted by molar-refractivity contribution is 6.05. The van der Waals surface area contributed by atoms with Crippen LogP contribution in [-0.4, -0.2) is 26.7 Å². The minimum atomic E-state index is 0.583. The van der Waals surface area contributed by atoms with Gasteiger partial charge in [0.1, 0.15) is 11.6 Å². The van der Waals surface area contributed by atoms with Crippen LogP contribution in [0.4, 0.5) is 5.69 Å². The van der Waals surface area contributed by atoms with Crippen molar-refractivity contribution in [2.45, 2.75) is 6.92 Å². The Balaban J connectivity index is 2.24. The second-order valence-electron chi connectivity index (χ2n) is 5.32. The van der Waals surface area contributed by atoms with Crippen molar-refractivity contribution in [3.8, 4) is 16.9 Å². The Morgan fingerprint density at radius 1 is 1.17 bits per heavy atom. The summed E-state index contributed by atoms with van der Waals surface area (Å²) in [5.74, 6) is 1.56. The number of aryl methyl sites for hydroxylation is 1. The number of nitrogen functional groups attached to an aromatic ring is 1. The molecule has 3 aromatic heterocycles. The third-order valence-electron chi connectivity index (χ3n) is 4.00.